The summed E-state index contributed by atoms with van der Waals surface area (Å²) in [4.78, 5) is 8.13. The lowest BCUT2D eigenvalue weighted by Gasteiger charge is -2.22. The highest BCUT2D eigenvalue weighted by atomic mass is 32.2. The van der Waals surface area contributed by atoms with E-state index in [1.54, 1.807) is 12.0 Å². The quantitative estimate of drug-likeness (QED) is 0.241. The summed E-state index contributed by atoms with van der Waals surface area (Å²) in [5.74, 6) is 1.71. The molecule has 1 atom stereocenters. The first-order valence-electron chi connectivity index (χ1n) is 10.4. The molecule has 3 nitrogen and oxygen atoms in total. The molecule has 28 heavy (non-hydrogen) atoms. The van der Waals surface area contributed by atoms with E-state index in [2.05, 4.69) is 67.0 Å². The lowest BCUT2D eigenvalue weighted by molar-refractivity contribution is 0.177. The number of thioether (sulfide) groups is 1. The Bertz CT molecular complexity index is 666. The van der Waals surface area contributed by atoms with E-state index in [9.17, 15) is 0 Å². The largest absolute Gasteiger partial charge is 0.373 e. The van der Waals surface area contributed by atoms with Crippen LogP contribution in [0, 0.1) is 5.92 Å². The summed E-state index contributed by atoms with van der Waals surface area (Å²) < 4.78 is 5.48. The van der Waals surface area contributed by atoms with E-state index in [4.69, 9.17) is 4.74 Å². The Balaban J connectivity index is 2.16. The van der Waals surface area contributed by atoms with Crippen molar-refractivity contribution in [3.8, 4) is 0 Å². The van der Waals surface area contributed by atoms with Crippen molar-refractivity contribution < 1.29 is 4.74 Å². The van der Waals surface area contributed by atoms with Gasteiger partial charge in [0.05, 0.1) is 23.4 Å². The summed E-state index contributed by atoms with van der Waals surface area (Å²) in [6.45, 7) is 10.1. The Morgan fingerprint density at radius 2 is 2.07 bits per heavy atom. The lowest BCUT2D eigenvalue weighted by atomic mass is 9.89. The second-order valence-electron chi connectivity index (χ2n) is 7.47. The summed E-state index contributed by atoms with van der Waals surface area (Å²) in [5, 5.41) is 0. The monoisotopic (exact) mass is 400 g/mol. The normalized spacial score (nSPS) is 21.4. The van der Waals surface area contributed by atoms with Gasteiger partial charge in [-0.3, -0.25) is 4.99 Å². The summed E-state index contributed by atoms with van der Waals surface area (Å²) in [6.07, 6.45) is 20.7. The van der Waals surface area contributed by atoms with Gasteiger partial charge in [0, 0.05) is 18.2 Å². The molecular weight excluding hydrogens is 364 g/mol. The standard InChI is InChI=1S/C24H36N2OS/c1-6-7-15-22(27-5)16-11-12-19(2)24(20(3)25-4)26-17-23(28-18-26)21-13-9-8-10-14-21/h7,11-12,15-17,21-22H,4,6,8-10,13-14,18H2,1-3,5H3/b15-7-,16-11-,19-12+,24-20-. The summed E-state index contributed by atoms with van der Waals surface area (Å²) in [6, 6.07) is 0. The van der Waals surface area contributed by atoms with Gasteiger partial charge in [-0.2, -0.15) is 0 Å². The molecule has 154 valence electrons. The SMILES string of the molecule is C=N/C(C)=C(/C(C)=C/C=C\C(/C=C\CC)OC)N1C=C(C2CCCCC2)SC1. The van der Waals surface area contributed by atoms with Crippen molar-refractivity contribution in [1.82, 2.24) is 4.90 Å². The summed E-state index contributed by atoms with van der Waals surface area (Å²) >= 11 is 1.99. The molecule has 0 amide bonds. The van der Waals surface area contributed by atoms with E-state index in [0.29, 0.717) is 0 Å². The minimum absolute atomic E-state index is 0.00944. The lowest BCUT2D eigenvalue weighted by Crippen LogP contribution is -2.15. The average Bonchev–Trinajstić information content (AvgIpc) is 3.20. The van der Waals surface area contributed by atoms with Crippen molar-refractivity contribution in [2.24, 2.45) is 10.9 Å². The predicted molar refractivity (Wildman–Crippen MR) is 124 cm³/mol. The molecule has 1 aliphatic heterocycles. The molecule has 0 aromatic heterocycles. The van der Waals surface area contributed by atoms with Gasteiger partial charge in [-0.1, -0.05) is 56.6 Å². The number of allylic oxidation sites excluding steroid dienone is 6. The smallest absolute Gasteiger partial charge is 0.0936 e. The zero-order valence-corrected chi connectivity index (χ0v) is 18.8. The van der Waals surface area contributed by atoms with Crippen molar-refractivity contribution in [3.63, 3.8) is 0 Å². The first kappa shape index (κ1) is 22.8. The number of hydrogen-bond donors (Lipinski definition) is 0. The maximum absolute atomic E-state index is 5.48. The Morgan fingerprint density at radius 1 is 1.32 bits per heavy atom. The maximum atomic E-state index is 5.48. The second kappa shape index (κ2) is 12.1. The molecule has 1 aliphatic carbocycles. The van der Waals surface area contributed by atoms with Gasteiger partial charge in [0.2, 0.25) is 0 Å². The number of aliphatic imine (C=N–C) groups is 1. The molecule has 1 fully saturated rings. The average molecular weight is 401 g/mol. The van der Waals surface area contributed by atoms with Crippen LogP contribution in [0.15, 0.2) is 63.4 Å². The van der Waals surface area contributed by atoms with Crippen LogP contribution in [0.4, 0.5) is 0 Å². The van der Waals surface area contributed by atoms with E-state index in [-0.39, 0.29) is 6.10 Å². The zero-order valence-electron chi connectivity index (χ0n) is 18.0. The minimum Gasteiger partial charge on any atom is -0.373 e. The van der Waals surface area contributed by atoms with Gasteiger partial charge in [-0.25, -0.2) is 0 Å². The molecule has 2 rings (SSSR count). The molecule has 0 bridgehead atoms. The molecule has 2 aliphatic rings. The minimum atomic E-state index is 0.00944. The van der Waals surface area contributed by atoms with Crippen LogP contribution in [0.1, 0.15) is 59.3 Å². The zero-order chi connectivity index (χ0) is 20.4. The summed E-state index contributed by atoms with van der Waals surface area (Å²) in [7, 11) is 1.74. The molecule has 0 aromatic rings. The number of hydrogen-bond acceptors (Lipinski definition) is 4. The van der Waals surface area contributed by atoms with E-state index >= 15 is 0 Å². The third-order valence-electron chi connectivity index (χ3n) is 5.38. The van der Waals surface area contributed by atoms with Crippen molar-refractivity contribution in [2.75, 3.05) is 13.0 Å². The van der Waals surface area contributed by atoms with Gasteiger partial charge in [0.25, 0.3) is 0 Å². The predicted octanol–water partition coefficient (Wildman–Crippen LogP) is 6.83. The van der Waals surface area contributed by atoms with E-state index in [0.717, 1.165) is 29.6 Å². The Hall–Kier alpha value is -1.52. The van der Waals surface area contributed by atoms with Crippen LogP contribution in [0.5, 0.6) is 0 Å². The Labute approximate surface area is 176 Å². The third-order valence-corrected chi connectivity index (χ3v) is 6.56. The van der Waals surface area contributed by atoms with Crippen LogP contribution in [-0.4, -0.2) is 30.7 Å². The molecule has 1 saturated carbocycles. The van der Waals surface area contributed by atoms with Gasteiger partial charge >= 0.3 is 0 Å². The van der Waals surface area contributed by atoms with Crippen LogP contribution < -0.4 is 0 Å². The molecule has 0 N–H and O–H groups in total. The Kier molecular flexibility index (Phi) is 9.86. The van der Waals surface area contributed by atoms with Crippen LogP contribution in [0.3, 0.4) is 0 Å². The fourth-order valence-corrected chi connectivity index (χ4v) is 4.95. The first-order chi connectivity index (χ1) is 13.6. The number of ether oxygens (including phenoxy) is 1. The second-order valence-corrected chi connectivity index (χ2v) is 8.49. The van der Waals surface area contributed by atoms with Crippen molar-refractivity contribution >= 4 is 18.5 Å². The van der Waals surface area contributed by atoms with Crippen LogP contribution in [-0.2, 0) is 4.74 Å². The highest BCUT2D eigenvalue weighted by Crippen LogP contribution is 2.41. The maximum Gasteiger partial charge on any atom is 0.0936 e. The van der Waals surface area contributed by atoms with Gasteiger partial charge in [-0.05, 0) is 51.3 Å². The van der Waals surface area contributed by atoms with Gasteiger partial charge < -0.3 is 9.64 Å². The topological polar surface area (TPSA) is 24.8 Å². The summed E-state index contributed by atoms with van der Waals surface area (Å²) in [5.41, 5.74) is 3.33. The van der Waals surface area contributed by atoms with Crippen molar-refractivity contribution in [2.45, 2.75) is 65.4 Å². The number of methoxy groups -OCH3 is 1. The van der Waals surface area contributed by atoms with Gasteiger partial charge in [-0.15, -0.1) is 11.8 Å². The third kappa shape index (κ3) is 6.52. The highest BCUT2D eigenvalue weighted by Gasteiger charge is 2.25. The van der Waals surface area contributed by atoms with Gasteiger partial charge in [0.15, 0.2) is 0 Å². The number of nitrogens with zero attached hydrogens (tertiary/aromatic N) is 2. The highest BCUT2D eigenvalue weighted by molar-refractivity contribution is 8.03. The van der Waals surface area contributed by atoms with Crippen LogP contribution in [0.25, 0.3) is 0 Å². The first-order valence-corrected chi connectivity index (χ1v) is 11.4. The Morgan fingerprint density at radius 3 is 2.71 bits per heavy atom. The molecule has 0 aromatic carbocycles. The molecule has 1 unspecified atom stereocenters. The fourth-order valence-electron chi connectivity index (χ4n) is 3.79. The molecule has 0 radical (unpaired) electrons. The van der Waals surface area contributed by atoms with E-state index in [1.165, 1.54) is 37.7 Å². The number of rotatable bonds is 9. The molecule has 0 spiro atoms. The van der Waals surface area contributed by atoms with Crippen molar-refractivity contribution in [3.05, 3.63) is 58.5 Å². The fraction of sp³-hybridized carbons (Fsp3) is 0.542. The molecule has 1 heterocycles. The molecular formula is C24H36N2OS. The van der Waals surface area contributed by atoms with Crippen LogP contribution in [0.2, 0.25) is 0 Å². The van der Waals surface area contributed by atoms with E-state index < -0.39 is 0 Å². The van der Waals surface area contributed by atoms with E-state index in [1.807, 2.05) is 18.7 Å². The van der Waals surface area contributed by atoms with Crippen molar-refractivity contribution in [1.29, 1.82) is 0 Å². The van der Waals surface area contributed by atoms with Crippen LogP contribution >= 0.6 is 11.8 Å². The van der Waals surface area contributed by atoms with Gasteiger partial charge in [0.1, 0.15) is 0 Å². The molecule has 0 saturated heterocycles. The molecule has 4 heteroatoms.